The minimum Gasteiger partial charge on any atom is -0.497 e. The van der Waals surface area contributed by atoms with Gasteiger partial charge in [-0.1, -0.05) is 0 Å². The molecule has 0 unspecified atom stereocenters. The number of likely N-dealkylation sites (tertiary alicyclic amines) is 1. The highest BCUT2D eigenvalue weighted by molar-refractivity contribution is 5.94. The Kier molecular flexibility index (Phi) is 6.89. The Morgan fingerprint density at radius 2 is 1.97 bits per heavy atom. The molecule has 3 rings (SSSR count). The number of carbonyl (C=O) groups excluding carboxylic acids is 2. The van der Waals surface area contributed by atoms with Gasteiger partial charge in [0.15, 0.2) is 0 Å². The normalized spacial score (nSPS) is 14.2. The second-order valence-corrected chi connectivity index (χ2v) is 6.88. The fraction of sp³-hybridized carbons (Fsp3) is 0.381. The number of ether oxygens (including phenoxy) is 2. The molecule has 8 nitrogen and oxygen atoms in total. The zero-order chi connectivity index (χ0) is 20.6. The van der Waals surface area contributed by atoms with Crippen molar-refractivity contribution in [1.82, 2.24) is 15.2 Å². The second kappa shape index (κ2) is 9.77. The summed E-state index contributed by atoms with van der Waals surface area (Å²) in [5.41, 5.74) is 1.18. The molecule has 0 atom stereocenters. The van der Waals surface area contributed by atoms with Gasteiger partial charge < -0.3 is 25.0 Å². The van der Waals surface area contributed by atoms with Gasteiger partial charge in [0.2, 0.25) is 0 Å². The Labute approximate surface area is 170 Å². The maximum atomic E-state index is 12.5. The molecule has 2 N–H and O–H groups in total. The van der Waals surface area contributed by atoms with Crippen LogP contribution in [0.5, 0.6) is 11.5 Å². The summed E-state index contributed by atoms with van der Waals surface area (Å²) in [6.45, 7) is 1.90. The number of rotatable bonds is 6. The number of nitrogens with zero attached hydrogens (tertiary/aromatic N) is 2. The Morgan fingerprint density at radius 1 is 1.17 bits per heavy atom. The van der Waals surface area contributed by atoms with E-state index < -0.39 is 0 Å². The molecule has 29 heavy (non-hydrogen) atoms. The fourth-order valence-corrected chi connectivity index (χ4v) is 3.32. The van der Waals surface area contributed by atoms with Crippen LogP contribution in [0, 0.1) is 5.92 Å². The van der Waals surface area contributed by atoms with Gasteiger partial charge in [-0.3, -0.25) is 9.78 Å². The number of methoxy groups -OCH3 is 2. The van der Waals surface area contributed by atoms with Crippen LogP contribution >= 0.6 is 0 Å². The Hall–Kier alpha value is -3.29. The molecule has 2 aromatic rings. The maximum absolute atomic E-state index is 12.5. The van der Waals surface area contributed by atoms with Gasteiger partial charge in [0.05, 0.1) is 25.5 Å². The van der Waals surface area contributed by atoms with Crippen LogP contribution in [0.15, 0.2) is 42.7 Å². The molecule has 3 amide bonds. The molecule has 8 heteroatoms. The van der Waals surface area contributed by atoms with E-state index in [0.29, 0.717) is 48.3 Å². The number of hydrogen-bond donors (Lipinski definition) is 2. The molecule has 0 spiro atoms. The molecule has 1 aromatic carbocycles. The summed E-state index contributed by atoms with van der Waals surface area (Å²) in [4.78, 5) is 30.6. The van der Waals surface area contributed by atoms with Gasteiger partial charge in [-0.25, -0.2) is 4.79 Å². The Bertz CT molecular complexity index is 836. The van der Waals surface area contributed by atoms with Gasteiger partial charge >= 0.3 is 6.03 Å². The van der Waals surface area contributed by atoms with Crippen molar-refractivity contribution in [2.24, 2.45) is 5.92 Å². The number of hydrogen-bond acceptors (Lipinski definition) is 5. The minimum absolute atomic E-state index is 0.00820. The van der Waals surface area contributed by atoms with Gasteiger partial charge in [-0.05, 0) is 43.0 Å². The van der Waals surface area contributed by atoms with Crippen molar-refractivity contribution in [2.45, 2.75) is 12.8 Å². The lowest BCUT2D eigenvalue weighted by Crippen LogP contribution is -2.42. The van der Waals surface area contributed by atoms with Crippen molar-refractivity contribution >= 4 is 17.6 Å². The number of anilines is 1. The van der Waals surface area contributed by atoms with E-state index in [1.54, 1.807) is 56.9 Å². The molecule has 2 heterocycles. The first kappa shape index (κ1) is 20.4. The number of benzene rings is 1. The molecule has 154 valence electrons. The van der Waals surface area contributed by atoms with E-state index in [9.17, 15) is 9.59 Å². The predicted octanol–water partition coefficient (Wildman–Crippen LogP) is 2.77. The zero-order valence-corrected chi connectivity index (χ0v) is 16.7. The predicted molar refractivity (Wildman–Crippen MR) is 109 cm³/mol. The van der Waals surface area contributed by atoms with Gasteiger partial charge in [0, 0.05) is 38.1 Å². The number of aromatic nitrogens is 1. The number of nitrogens with one attached hydrogen (secondary N) is 2. The van der Waals surface area contributed by atoms with E-state index in [1.165, 1.54) is 0 Å². The van der Waals surface area contributed by atoms with Gasteiger partial charge in [-0.2, -0.15) is 0 Å². The molecule has 1 fully saturated rings. The molecular weight excluding hydrogens is 372 g/mol. The number of pyridine rings is 1. The smallest absolute Gasteiger partial charge is 0.319 e. The summed E-state index contributed by atoms with van der Waals surface area (Å²) in [5, 5.41) is 5.70. The number of urea groups is 1. The maximum Gasteiger partial charge on any atom is 0.319 e. The van der Waals surface area contributed by atoms with E-state index in [1.807, 2.05) is 4.90 Å². The Morgan fingerprint density at radius 3 is 2.62 bits per heavy atom. The lowest BCUT2D eigenvalue weighted by Gasteiger charge is -2.32. The molecule has 0 aliphatic carbocycles. The van der Waals surface area contributed by atoms with Crippen LogP contribution < -0.4 is 20.1 Å². The van der Waals surface area contributed by atoms with Crippen LogP contribution in [0.4, 0.5) is 10.5 Å². The first-order chi connectivity index (χ1) is 14.1. The molecule has 0 saturated carbocycles. The number of amides is 3. The van der Waals surface area contributed by atoms with E-state index in [4.69, 9.17) is 9.47 Å². The zero-order valence-electron chi connectivity index (χ0n) is 16.7. The monoisotopic (exact) mass is 398 g/mol. The quantitative estimate of drug-likeness (QED) is 0.781. The molecule has 0 bridgehead atoms. The summed E-state index contributed by atoms with van der Waals surface area (Å²) in [5.74, 6) is 1.52. The van der Waals surface area contributed by atoms with E-state index in [-0.39, 0.29) is 11.9 Å². The number of piperidine rings is 1. The van der Waals surface area contributed by atoms with Crippen LogP contribution in [-0.2, 0) is 0 Å². The second-order valence-electron chi connectivity index (χ2n) is 6.88. The first-order valence-electron chi connectivity index (χ1n) is 9.57. The third kappa shape index (κ3) is 5.37. The highest BCUT2D eigenvalue weighted by atomic mass is 16.5. The van der Waals surface area contributed by atoms with Crippen LogP contribution in [0.1, 0.15) is 23.2 Å². The van der Waals surface area contributed by atoms with Crippen LogP contribution in [0.2, 0.25) is 0 Å². The molecular formula is C21H26N4O4. The molecule has 1 saturated heterocycles. The van der Waals surface area contributed by atoms with Crippen LogP contribution in [0.3, 0.4) is 0 Å². The van der Waals surface area contributed by atoms with Crippen molar-refractivity contribution in [3.8, 4) is 11.5 Å². The third-order valence-corrected chi connectivity index (χ3v) is 5.02. The summed E-state index contributed by atoms with van der Waals surface area (Å²) < 4.78 is 10.4. The van der Waals surface area contributed by atoms with Gasteiger partial charge in [0.25, 0.3) is 5.91 Å². The largest absolute Gasteiger partial charge is 0.497 e. The fourth-order valence-electron chi connectivity index (χ4n) is 3.32. The average Bonchev–Trinajstić information content (AvgIpc) is 2.78. The SMILES string of the molecule is COc1ccc(NC(=O)NCC2CCN(C(=O)c3cccnc3)CC2)c(OC)c1. The minimum atomic E-state index is -0.290. The van der Waals surface area contributed by atoms with Crippen LogP contribution in [-0.4, -0.2) is 55.7 Å². The average molecular weight is 398 g/mol. The summed E-state index contributed by atoms with van der Waals surface area (Å²) in [6.07, 6.45) is 4.94. The Balaban J connectivity index is 1.44. The van der Waals surface area contributed by atoms with Crippen molar-refractivity contribution in [1.29, 1.82) is 0 Å². The summed E-state index contributed by atoms with van der Waals surface area (Å²) >= 11 is 0. The summed E-state index contributed by atoms with van der Waals surface area (Å²) in [6, 6.07) is 8.46. The highest BCUT2D eigenvalue weighted by Gasteiger charge is 2.24. The third-order valence-electron chi connectivity index (χ3n) is 5.02. The van der Waals surface area contributed by atoms with Crippen LogP contribution in [0.25, 0.3) is 0 Å². The topological polar surface area (TPSA) is 92.8 Å². The van der Waals surface area contributed by atoms with E-state index in [2.05, 4.69) is 15.6 Å². The van der Waals surface area contributed by atoms with Crippen molar-refractivity contribution in [3.05, 3.63) is 48.3 Å². The number of carbonyl (C=O) groups is 2. The standard InChI is InChI=1S/C21H26N4O4/c1-28-17-5-6-18(19(12-17)29-2)24-21(27)23-13-15-7-10-25(11-8-15)20(26)16-4-3-9-22-14-16/h3-6,9,12,14-15H,7-8,10-11,13H2,1-2H3,(H2,23,24,27). The van der Waals surface area contributed by atoms with Gasteiger partial charge in [-0.15, -0.1) is 0 Å². The van der Waals surface area contributed by atoms with Crippen molar-refractivity contribution < 1.29 is 19.1 Å². The van der Waals surface area contributed by atoms with E-state index >= 15 is 0 Å². The van der Waals surface area contributed by atoms with Gasteiger partial charge in [0.1, 0.15) is 11.5 Å². The lowest BCUT2D eigenvalue weighted by atomic mass is 9.96. The first-order valence-corrected chi connectivity index (χ1v) is 9.57. The molecule has 1 aromatic heterocycles. The highest BCUT2D eigenvalue weighted by Crippen LogP contribution is 2.29. The van der Waals surface area contributed by atoms with E-state index in [0.717, 1.165) is 12.8 Å². The molecule has 1 aliphatic rings. The lowest BCUT2D eigenvalue weighted by molar-refractivity contribution is 0.0690. The molecule has 1 aliphatic heterocycles. The summed E-state index contributed by atoms with van der Waals surface area (Å²) in [7, 11) is 3.11. The van der Waals surface area contributed by atoms with Crippen molar-refractivity contribution in [2.75, 3.05) is 39.2 Å². The van der Waals surface area contributed by atoms with Crippen molar-refractivity contribution in [3.63, 3.8) is 0 Å². The molecule has 0 radical (unpaired) electrons.